The van der Waals surface area contributed by atoms with Gasteiger partial charge in [-0.05, 0) is 29.8 Å². The number of ether oxygens (including phenoxy) is 2. The third-order valence-electron chi connectivity index (χ3n) is 6.17. The molecule has 5 rings (SSSR count). The fourth-order valence-electron chi connectivity index (χ4n) is 4.58. The van der Waals surface area contributed by atoms with Gasteiger partial charge in [0.25, 0.3) is 5.56 Å². The van der Waals surface area contributed by atoms with Crippen LogP contribution in [-0.4, -0.2) is 39.9 Å². The second-order valence-electron chi connectivity index (χ2n) is 8.00. The van der Waals surface area contributed by atoms with E-state index in [9.17, 15) is 24.9 Å². The van der Waals surface area contributed by atoms with Gasteiger partial charge in [0.2, 0.25) is 0 Å². The molecule has 0 saturated heterocycles. The van der Waals surface area contributed by atoms with Crippen molar-refractivity contribution in [2.75, 3.05) is 14.2 Å². The molecular formula is C26H21NO7. The molecule has 1 atom stereocenters. The van der Waals surface area contributed by atoms with E-state index >= 15 is 0 Å². The minimum Gasteiger partial charge on any atom is -0.504 e. The molecule has 0 saturated carbocycles. The molecular weight excluding hydrogens is 438 g/mol. The first kappa shape index (κ1) is 21.5. The zero-order valence-corrected chi connectivity index (χ0v) is 18.4. The SMILES string of the molecule is COc1ccc2c3c(n(C[C@H](O)c4ccc(O)c(O)c4)c(=O)c2c1OC)-c1ccccc1C3=O. The summed E-state index contributed by atoms with van der Waals surface area (Å²) in [6.07, 6.45) is -1.22. The van der Waals surface area contributed by atoms with Crippen LogP contribution in [0.3, 0.4) is 0 Å². The lowest BCUT2D eigenvalue weighted by Gasteiger charge is -2.20. The van der Waals surface area contributed by atoms with Crippen LogP contribution in [-0.2, 0) is 6.54 Å². The lowest BCUT2D eigenvalue weighted by molar-refractivity contribution is 0.104. The highest BCUT2D eigenvalue weighted by Gasteiger charge is 2.34. The standard InChI is InChI=1S/C26H21NO7/c1-33-20-10-8-16-21-23(14-5-3-4-6-15(14)24(21)31)27(26(32)22(16)25(20)34-2)12-19(30)13-7-9-17(28)18(29)11-13/h3-11,19,28-30H,12H2,1-2H3/t19-/m0/s1. The summed E-state index contributed by atoms with van der Waals surface area (Å²) in [7, 11) is 2.87. The van der Waals surface area contributed by atoms with Crippen molar-refractivity contribution in [2.24, 2.45) is 0 Å². The smallest absolute Gasteiger partial charge is 0.262 e. The predicted octanol–water partition coefficient (Wildman–Crippen LogP) is 3.37. The van der Waals surface area contributed by atoms with Crippen molar-refractivity contribution < 1.29 is 29.6 Å². The van der Waals surface area contributed by atoms with E-state index in [1.807, 2.05) is 0 Å². The van der Waals surface area contributed by atoms with Crippen molar-refractivity contribution >= 4 is 16.6 Å². The maximum Gasteiger partial charge on any atom is 0.262 e. The fourth-order valence-corrected chi connectivity index (χ4v) is 4.58. The van der Waals surface area contributed by atoms with Gasteiger partial charge in [0, 0.05) is 16.5 Å². The minimum atomic E-state index is -1.22. The molecule has 1 aliphatic rings. The van der Waals surface area contributed by atoms with Crippen LogP contribution in [0.2, 0.25) is 0 Å². The van der Waals surface area contributed by atoms with Crippen LogP contribution >= 0.6 is 0 Å². The summed E-state index contributed by atoms with van der Waals surface area (Å²) in [6.45, 7) is -0.205. The molecule has 0 radical (unpaired) electrons. The summed E-state index contributed by atoms with van der Waals surface area (Å²) >= 11 is 0. The highest BCUT2D eigenvalue weighted by molar-refractivity contribution is 6.27. The molecule has 34 heavy (non-hydrogen) atoms. The van der Waals surface area contributed by atoms with Crippen LogP contribution in [0.4, 0.5) is 0 Å². The third kappa shape index (κ3) is 3.03. The van der Waals surface area contributed by atoms with Gasteiger partial charge in [0.05, 0.1) is 43.5 Å². The maximum absolute atomic E-state index is 13.9. The Morgan fingerprint density at radius 1 is 0.912 bits per heavy atom. The molecule has 3 aromatic carbocycles. The number of fused-ring (bicyclic) bond motifs is 5. The highest BCUT2D eigenvalue weighted by atomic mass is 16.5. The van der Waals surface area contributed by atoms with Gasteiger partial charge < -0.3 is 29.4 Å². The quantitative estimate of drug-likeness (QED) is 0.345. The molecule has 8 nitrogen and oxygen atoms in total. The molecule has 1 heterocycles. The van der Waals surface area contributed by atoms with E-state index in [0.717, 1.165) is 0 Å². The number of nitrogens with zero attached hydrogens (tertiary/aromatic N) is 1. The summed E-state index contributed by atoms with van der Waals surface area (Å²) < 4.78 is 12.2. The van der Waals surface area contributed by atoms with Crippen LogP contribution in [0.5, 0.6) is 23.0 Å². The first-order chi connectivity index (χ1) is 16.4. The molecule has 3 N–H and O–H groups in total. The Hall–Kier alpha value is -4.30. The number of phenols is 2. The zero-order valence-electron chi connectivity index (χ0n) is 18.4. The Morgan fingerprint density at radius 3 is 2.32 bits per heavy atom. The number of aliphatic hydroxyl groups is 1. The number of hydrogen-bond donors (Lipinski definition) is 3. The topological polar surface area (TPSA) is 118 Å². The van der Waals surface area contributed by atoms with Gasteiger partial charge in [0.15, 0.2) is 28.8 Å². The first-order valence-electron chi connectivity index (χ1n) is 10.5. The van der Waals surface area contributed by atoms with Crippen LogP contribution in [0, 0.1) is 0 Å². The first-order valence-corrected chi connectivity index (χ1v) is 10.5. The molecule has 8 heteroatoms. The number of hydrogen-bond acceptors (Lipinski definition) is 7. The van der Waals surface area contributed by atoms with Gasteiger partial charge >= 0.3 is 0 Å². The van der Waals surface area contributed by atoms with E-state index in [1.165, 1.54) is 37.0 Å². The van der Waals surface area contributed by atoms with Crippen molar-refractivity contribution in [3.8, 4) is 34.3 Å². The number of methoxy groups -OCH3 is 2. The van der Waals surface area contributed by atoms with E-state index in [4.69, 9.17) is 9.47 Å². The Balaban J connectivity index is 1.82. The maximum atomic E-state index is 13.9. The molecule has 1 aliphatic carbocycles. The van der Waals surface area contributed by atoms with Crippen molar-refractivity contribution in [1.29, 1.82) is 0 Å². The fraction of sp³-hybridized carbons (Fsp3) is 0.154. The van der Waals surface area contributed by atoms with Gasteiger partial charge in [-0.2, -0.15) is 0 Å². The average Bonchev–Trinajstić information content (AvgIpc) is 3.14. The van der Waals surface area contributed by atoms with Gasteiger partial charge in [-0.25, -0.2) is 0 Å². The molecule has 0 amide bonds. The van der Waals surface area contributed by atoms with Crippen molar-refractivity contribution in [3.05, 3.63) is 81.6 Å². The molecule has 4 aromatic rings. The van der Waals surface area contributed by atoms with Crippen LogP contribution in [0.1, 0.15) is 27.6 Å². The summed E-state index contributed by atoms with van der Waals surface area (Å²) in [5.41, 5.74) is 1.65. The van der Waals surface area contributed by atoms with Gasteiger partial charge in [-0.1, -0.05) is 30.3 Å². The second-order valence-corrected chi connectivity index (χ2v) is 8.00. The van der Waals surface area contributed by atoms with Gasteiger partial charge in [-0.15, -0.1) is 0 Å². The Kier molecular flexibility index (Phi) is 5.02. The molecule has 1 aromatic heterocycles. The number of benzene rings is 3. The summed E-state index contributed by atoms with van der Waals surface area (Å²) in [5, 5.41) is 31.0. The molecule has 0 aliphatic heterocycles. The lowest BCUT2D eigenvalue weighted by Crippen LogP contribution is -2.26. The van der Waals surface area contributed by atoms with E-state index in [-0.39, 0.29) is 35.0 Å². The summed E-state index contributed by atoms with van der Waals surface area (Å²) in [6, 6.07) is 14.3. The number of aliphatic hydroxyl groups excluding tert-OH is 1. The Bertz CT molecular complexity index is 1540. The minimum absolute atomic E-state index is 0.169. The van der Waals surface area contributed by atoms with Crippen molar-refractivity contribution in [1.82, 2.24) is 4.57 Å². The molecule has 172 valence electrons. The van der Waals surface area contributed by atoms with Crippen LogP contribution in [0.15, 0.2) is 59.4 Å². The number of carbonyl (C=O) groups is 1. The summed E-state index contributed by atoms with van der Waals surface area (Å²) in [5.74, 6) is -0.406. The van der Waals surface area contributed by atoms with E-state index in [0.29, 0.717) is 39.1 Å². The molecule has 0 fully saturated rings. The number of aromatic nitrogens is 1. The normalized spacial score (nSPS) is 13.0. The third-order valence-corrected chi connectivity index (χ3v) is 6.17. The zero-order chi connectivity index (χ0) is 24.1. The number of rotatable bonds is 5. The van der Waals surface area contributed by atoms with Gasteiger partial charge in [0.1, 0.15) is 0 Å². The summed E-state index contributed by atoms with van der Waals surface area (Å²) in [4.78, 5) is 27.3. The average molecular weight is 459 g/mol. The van der Waals surface area contributed by atoms with E-state index in [2.05, 4.69) is 0 Å². The molecule has 0 unspecified atom stereocenters. The Labute approximate surface area is 193 Å². The second kappa shape index (κ2) is 7.93. The predicted molar refractivity (Wildman–Crippen MR) is 125 cm³/mol. The van der Waals surface area contributed by atoms with Gasteiger partial charge in [-0.3, -0.25) is 9.59 Å². The number of aromatic hydroxyl groups is 2. The number of pyridine rings is 1. The van der Waals surface area contributed by atoms with E-state index < -0.39 is 11.7 Å². The largest absolute Gasteiger partial charge is 0.504 e. The monoisotopic (exact) mass is 459 g/mol. The van der Waals surface area contributed by atoms with Crippen LogP contribution in [0.25, 0.3) is 22.0 Å². The number of ketones is 1. The Morgan fingerprint density at radius 2 is 1.65 bits per heavy atom. The molecule has 0 spiro atoms. The lowest BCUT2D eigenvalue weighted by atomic mass is 10.0. The van der Waals surface area contributed by atoms with E-state index in [1.54, 1.807) is 36.4 Å². The van der Waals surface area contributed by atoms with Crippen molar-refractivity contribution in [3.63, 3.8) is 0 Å². The molecule has 0 bridgehead atoms. The van der Waals surface area contributed by atoms with Crippen LogP contribution < -0.4 is 15.0 Å². The highest BCUT2D eigenvalue weighted by Crippen LogP contribution is 2.43. The van der Waals surface area contributed by atoms with Crippen molar-refractivity contribution in [2.45, 2.75) is 12.6 Å². The number of carbonyl (C=O) groups excluding carboxylic acids is 1. The number of phenolic OH excluding ortho intramolecular Hbond substituents is 2.